The van der Waals surface area contributed by atoms with E-state index in [9.17, 15) is 19.7 Å². The highest BCUT2D eigenvalue weighted by molar-refractivity contribution is 6.08. The van der Waals surface area contributed by atoms with E-state index in [-0.39, 0.29) is 11.5 Å². The molecule has 2 heterocycles. The molecule has 2 amide bonds. The van der Waals surface area contributed by atoms with Gasteiger partial charge in [0.05, 0.1) is 13.2 Å². The first kappa shape index (κ1) is 13.7. The number of carbonyl (C=O) groups is 2. The highest BCUT2D eigenvalue weighted by Crippen LogP contribution is 2.30. The van der Waals surface area contributed by atoms with Crippen molar-refractivity contribution in [3.8, 4) is 0 Å². The molecule has 0 saturated heterocycles. The molecule has 1 aromatic rings. The number of esters is 1. The van der Waals surface area contributed by atoms with Crippen molar-refractivity contribution in [2.75, 3.05) is 7.11 Å². The Morgan fingerprint density at radius 2 is 2.25 bits per heavy atom. The fraction of sp³-hybridized carbons (Fsp3) is 0.364. The maximum atomic E-state index is 11.8. The van der Waals surface area contributed by atoms with Crippen molar-refractivity contribution in [3.63, 3.8) is 0 Å². The summed E-state index contributed by atoms with van der Waals surface area (Å²) in [5, 5.41) is 13.0. The number of nitrogens with one attached hydrogen (secondary N) is 1. The summed E-state index contributed by atoms with van der Waals surface area (Å²) >= 11 is 0. The van der Waals surface area contributed by atoms with Crippen molar-refractivity contribution in [3.05, 3.63) is 28.0 Å². The van der Waals surface area contributed by atoms with Crippen LogP contribution in [0.5, 0.6) is 0 Å². The standard InChI is InChI=1S/C11H11N3O6/c1-5-8(10(15)19-2)9(13-11(16)12-5)6-3-4-7(20-6)14(17)18/h3-4,8-9H,1-2H3,(H,13,16). The molecule has 1 aliphatic rings. The fourth-order valence-corrected chi connectivity index (χ4v) is 2.00. The lowest BCUT2D eigenvalue weighted by atomic mass is 9.92. The van der Waals surface area contributed by atoms with Crippen LogP contribution < -0.4 is 5.32 Å². The minimum Gasteiger partial charge on any atom is -0.468 e. The summed E-state index contributed by atoms with van der Waals surface area (Å²) in [7, 11) is 1.20. The number of nitrogens with zero attached hydrogens (tertiary/aromatic N) is 2. The van der Waals surface area contributed by atoms with Crippen LogP contribution >= 0.6 is 0 Å². The maximum Gasteiger partial charge on any atom is 0.433 e. The van der Waals surface area contributed by atoms with Gasteiger partial charge in [0.25, 0.3) is 0 Å². The lowest BCUT2D eigenvalue weighted by Crippen LogP contribution is -2.43. The van der Waals surface area contributed by atoms with E-state index in [2.05, 4.69) is 15.0 Å². The first-order chi connectivity index (χ1) is 9.43. The lowest BCUT2D eigenvalue weighted by molar-refractivity contribution is -0.402. The summed E-state index contributed by atoms with van der Waals surface area (Å²) in [6.07, 6.45) is 0. The Morgan fingerprint density at radius 3 is 2.80 bits per heavy atom. The highest BCUT2D eigenvalue weighted by Gasteiger charge is 2.40. The topological polar surface area (TPSA) is 124 Å². The number of rotatable bonds is 3. The summed E-state index contributed by atoms with van der Waals surface area (Å²) in [6.45, 7) is 1.50. The summed E-state index contributed by atoms with van der Waals surface area (Å²) in [5.74, 6) is -1.88. The van der Waals surface area contributed by atoms with Gasteiger partial charge in [0.1, 0.15) is 22.6 Å². The molecule has 0 radical (unpaired) electrons. The summed E-state index contributed by atoms with van der Waals surface area (Å²) in [6, 6.07) is 0.946. The Morgan fingerprint density at radius 1 is 1.55 bits per heavy atom. The van der Waals surface area contributed by atoms with Crippen molar-refractivity contribution in [1.29, 1.82) is 0 Å². The molecule has 106 valence electrons. The normalized spacial score (nSPS) is 21.9. The molecular formula is C11H11N3O6. The first-order valence-electron chi connectivity index (χ1n) is 5.61. The number of urea groups is 1. The van der Waals surface area contributed by atoms with Crippen LogP contribution in [0, 0.1) is 16.0 Å². The van der Waals surface area contributed by atoms with E-state index < -0.39 is 34.8 Å². The molecule has 2 atom stereocenters. The monoisotopic (exact) mass is 281 g/mol. The van der Waals surface area contributed by atoms with Gasteiger partial charge in [0.2, 0.25) is 0 Å². The van der Waals surface area contributed by atoms with Crippen molar-refractivity contribution >= 4 is 23.6 Å². The Bertz CT molecular complexity index is 605. The third-order valence-corrected chi connectivity index (χ3v) is 2.89. The highest BCUT2D eigenvalue weighted by atomic mass is 16.6. The molecule has 1 aromatic heterocycles. The van der Waals surface area contributed by atoms with Crippen LogP contribution in [0.4, 0.5) is 10.7 Å². The zero-order chi connectivity index (χ0) is 14.9. The number of ether oxygens (including phenoxy) is 1. The molecule has 0 bridgehead atoms. The van der Waals surface area contributed by atoms with Crippen LogP contribution in [0.25, 0.3) is 0 Å². The molecule has 9 nitrogen and oxygen atoms in total. The molecule has 1 N–H and O–H groups in total. The predicted octanol–water partition coefficient (Wildman–Crippen LogP) is 1.20. The van der Waals surface area contributed by atoms with Gasteiger partial charge in [-0.1, -0.05) is 0 Å². The van der Waals surface area contributed by atoms with Gasteiger partial charge in [-0.15, -0.1) is 0 Å². The van der Waals surface area contributed by atoms with E-state index in [1.807, 2.05) is 0 Å². The van der Waals surface area contributed by atoms with Gasteiger partial charge >= 0.3 is 17.9 Å². The second-order valence-electron chi connectivity index (χ2n) is 4.11. The van der Waals surface area contributed by atoms with Crippen molar-refractivity contribution in [2.24, 2.45) is 10.9 Å². The Hall–Kier alpha value is -2.71. The summed E-state index contributed by atoms with van der Waals surface area (Å²) < 4.78 is 9.68. The molecule has 20 heavy (non-hydrogen) atoms. The zero-order valence-corrected chi connectivity index (χ0v) is 10.7. The molecule has 0 fully saturated rings. The maximum absolute atomic E-state index is 11.8. The molecule has 0 saturated carbocycles. The third kappa shape index (κ3) is 2.37. The number of furan rings is 1. The van der Waals surface area contributed by atoms with Crippen molar-refractivity contribution in [1.82, 2.24) is 5.32 Å². The number of hydrogen-bond acceptors (Lipinski definition) is 6. The number of hydrogen-bond donors (Lipinski definition) is 1. The average molecular weight is 281 g/mol. The smallest absolute Gasteiger partial charge is 0.433 e. The van der Waals surface area contributed by atoms with Gasteiger partial charge in [-0.3, -0.25) is 14.9 Å². The van der Waals surface area contributed by atoms with Crippen molar-refractivity contribution < 1.29 is 23.7 Å². The van der Waals surface area contributed by atoms with Crippen LogP contribution in [0.2, 0.25) is 0 Å². The SMILES string of the molecule is COC(=O)C1C(C)=NC(=O)NC1c1ccc([N+](=O)[O-])o1. The summed E-state index contributed by atoms with van der Waals surface area (Å²) in [5.41, 5.74) is 0.254. The molecule has 1 aliphatic heterocycles. The molecule has 9 heteroatoms. The van der Waals surface area contributed by atoms with Gasteiger partial charge < -0.3 is 14.5 Å². The lowest BCUT2D eigenvalue weighted by Gasteiger charge is -2.27. The molecule has 0 spiro atoms. The third-order valence-electron chi connectivity index (χ3n) is 2.89. The number of amides is 2. The van der Waals surface area contributed by atoms with Gasteiger partial charge in [0.15, 0.2) is 0 Å². The van der Waals surface area contributed by atoms with Crippen molar-refractivity contribution in [2.45, 2.75) is 13.0 Å². The second kappa shape index (κ2) is 5.11. The van der Waals surface area contributed by atoms with Gasteiger partial charge in [-0.05, 0) is 13.0 Å². The van der Waals surface area contributed by atoms with Crippen LogP contribution in [-0.4, -0.2) is 29.7 Å². The summed E-state index contributed by atoms with van der Waals surface area (Å²) in [4.78, 5) is 36.7. The van der Waals surface area contributed by atoms with E-state index in [1.165, 1.54) is 20.1 Å². The van der Waals surface area contributed by atoms with Gasteiger partial charge in [0, 0.05) is 5.71 Å². The molecule has 0 aromatic carbocycles. The predicted molar refractivity (Wildman–Crippen MR) is 65.3 cm³/mol. The van der Waals surface area contributed by atoms with Crippen LogP contribution in [-0.2, 0) is 9.53 Å². The van der Waals surface area contributed by atoms with E-state index >= 15 is 0 Å². The number of carbonyl (C=O) groups excluding carboxylic acids is 2. The Balaban J connectivity index is 2.40. The number of methoxy groups -OCH3 is 1. The quantitative estimate of drug-likeness (QED) is 0.504. The van der Waals surface area contributed by atoms with E-state index in [4.69, 9.17) is 4.42 Å². The number of aliphatic imine (C=N–C) groups is 1. The largest absolute Gasteiger partial charge is 0.468 e. The first-order valence-corrected chi connectivity index (χ1v) is 5.61. The fourth-order valence-electron chi connectivity index (χ4n) is 2.00. The van der Waals surface area contributed by atoms with Gasteiger partial charge in [-0.2, -0.15) is 0 Å². The average Bonchev–Trinajstić information content (AvgIpc) is 2.86. The van der Waals surface area contributed by atoms with E-state index in [0.717, 1.165) is 6.07 Å². The van der Waals surface area contributed by atoms with E-state index in [1.54, 1.807) is 0 Å². The molecule has 0 aliphatic carbocycles. The minimum atomic E-state index is -0.888. The van der Waals surface area contributed by atoms with Crippen LogP contribution in [0.3, 0.4) is 0 Å². The minimum absolute atomic E-state index is 0.0923. The zero-order valence-electron chi connectivity index (χ0n) is 10.7. The van der Waals surface area contributed by atoms with Crippen LogP contribution in [0.1, 0.15) is 18.7 Å². The van der Waals surface area contributed by atoms with Gasteiger partial charge in [-0.25, -0.2) is 9.79 Å². The second-order valence-corrected chi connectivity index (χ2v) is 4.11. The Kier molecular flexibility index (Phi) is 3.51. The molecule has 2 rings (SSSR count). The van der Waals surface area contributed by atoms with E-state index in [0.29, 0.717) is 0 Å². The number of nitro groups is 1. The molecular weight excluding hydrogens is 270 g/mol. The van der Waals surface area contributed by atoms with Crippen LogP contribution in [0.15, 0.2) is 21.5 Å². The Labute approximate surface area is 112 Å². The molecule has 2 unspecified atom stereocenters.